The van der Waals surface area contributed by atoms with E-state index >= 15 is 0 Å². The second kappa shape index (κ2) is 6.93. The number of hydrogen-bond acceptors (Lipinski definition) is 3. The maximum Gasteiger partial charge on any atom is 0.311 e. The molecule has 1 aliphatic rings. The second-order valence-corrected chi connectivity index (χ2v) is 6.19. The van der Waals surface area contributed by atoms with Crippen LogP contribution in [0.3, 0.4) is 0 Å². The molecule has 1 aromatic carbocycles. The van der Waals surface area contributed by atoms with Crippen LogP contribution in [0, 0.1) is 5.41 Å². The Kier molecular flexibility index (Phi) is 5.22. The number of benzene rings is 1. The molecule has 21 heavy (non-hydrogen) atoms. The van der Waals surface area contributed by atoms with Gasteiger partial charge in [-0.1, -0.05) is 22.0 Å². The summed E-state index contributed by atoms with van der Waals surface area (Å²) in [6.07, 6.45) is 2.23. The smallest absolute Gasteiger partial charge is 0.311 e. The predicted molar refractivity (Wildman–Crippen MR) is 81.2 cm³/mol. The Labute approximate surface area is 131 Å². The lowest BCUT2D eigenvalue weighted by molar-refractivity contribution is -0.143. The topological polar surface area (TPSA) is 75.6 Å². The number of amides is 1. The van der Waals surface area contributed by atoms with Crippen LogP contribution in [0.15, 0.2) is 28.7 Å². The molecule has 0 saturated heterocycles. The first-order valence-electron chi connectivity index (χ1n) is 6.90. The summed E-state index contributed by atoms with van der Waals surface area (Å²) in [5, 5.41) is 11.7. The van der Waals surface area contributed by atoms with Crippen LogP contribution in [0.25, 0.3) is 0 Å². The van der Waals surface area contributed by atoms with Crippen molar-refractivity contribution >= 4 is 27.8 Å². The number of aliphatic carboxylic acids is 1. The van der Waals surface area contributed by atoms with Gasteiger partial charge in [0.15, 0.2) is 0 Å². The molecule has 1 fully saturated rings. The Bertz CT molecular complexity index is 528. The van der Waals surface area contributed by atoms with E-state index in [0.717, 1.165) is 10.2 Å². The molecule has 1 amide bonds. The first kappa shape index (κ1) is 15.8. The number of halogens is 1. The van der Waals surface area contributed by atoms with Gasteiger partial charge in [-0.05, 0) is 37.5 Å². The summed E-state index contributed by atoms with van der Waals surface area (Å²) < 4.78 is 6.47. The number of carboxylic acids is 1. The third-order valence-corrected chi connectivity index (χ3v) is 4.04. The number of nitrogens with one attached hydrogen (secondary N) is 1. The van der Waals surface area contributed by atoms with Crippen LogP contribution in [-0.4, -0.2) is 30.1 Å². The van der Waals surface area contributed by atoms with Crippen molar-refractivity contribution in [3.8, 4) is 5.75 Å². The third kappa shape index (κ3) is 4.74. The van der Waals surface area contributed by atoms with Crippen molar-refractivity contribution in [2.75, 3.05) is 13.2 Å². The largest absolute Gasteiger partial charge is 0.494 e. The molecule has 0 radical (unpaired) electrons. The first-order valence-corrected chi connectivity index (χ1v) is 7.70. The fourth-order valence-corrected chi connectivity index (χ4v) is 2.33. The normalized spacial score (nSPS) is 15.3. The monoisotopic (exact) mass is 355 g/mol. The highest BCUT2D eigenvalue weighted by molar-refractivity contribution is 9.10. The van der Waals surface area contributed by atoms with E-state index in [9.17, 15) is 9.59 Å². The molecule has 1 saturated carbocycles. The van der Waals surface area contributed by atoms with Gasteiger partial charge in [0.2, 0.25) is 5.91 Å². The van der Waals surface area contributed by atoms with E-state index in [4.69, 9.17) is 9.84 Å². The Morgan fingerprint density at radius 3 is 2.76 bits per heavy atom. The van der Waals surface area contributed by atoms with E-state index < -0.39 is 11.4 Å². The van der Waals surface area contributed by atoms with Crippen molar-refractivity contribution in [3.05, 3.63) is 28.7 Å². The number of ether oxygens (including phenoxy) is 1. The predicted octanol–water partition coefficient (Wildman–Crippen LogP) is 2.59. The summed E-state index contributed by atoms with van der Waals surface area (Å²) >= 11 is 3.36. The minimum Gasteiger partial charge on any atom is -0.494 e. The molecule has 1 aromatic rings. The van der Waals surface area contributed by atoms with Gasteiger partial charge in [0.05, 0.1) is 12.0 Å². The van der Waals surface area contributed by atoms with Crippen LogP contribution in [0.1, 0.15) is 25.7 Å². The molecule has 1 aliphatic carbocycles. The van der Waals surface area contributed by atoms with Crippen molar-refractivity contribution in [3.63, 3.8) is 0 Å². The van der Waals surface area contributed by atoms with E-state index in [-0.39, 0.29) is 12.5 Å². The zero-order chi connectivity index (χ0) is 15.3. The average molecular weight is 356 g/mol. The number of carbonyl (C=O) groups is 2. The summed E-state index contributed by atoms with van der Waals surface area (Å²) in [6.45, 7) is 0.682. The van der Waals surface area contributed by atoms with Gasteiger partial charge < -0.3 is 15.2 Å². The molecule has 5 nitrogen and oxygen atoms in total. The maximum absolute atomic E-state index is 11.6. The van der Waals surface area contributed by atoms with Gasteiger partial charge in [0.1, 0.15) is 5.75 Å². The lowest BCUT2D eigenvalue weighted by Gasteiger charge is -2.11. The zero-order valence-electron chi connectivity index (χ0n) is 11.6. The minimum absolute atomic E-state index is 0.125. The standard InChI is InChI=1S/C15H18BrNO4/c16-11-3-1-4-12(9-11)21-8-2-5-13(18)17-10-15(6-7-15)14(19)20/h1,3-4,9H,2,5-8,10H2,(H,17,18)(H,19,20). The van der Waals surface area contributed by atoms with Crippen molar-refractivity contribution in [1.82, 2.24) is 5.32 Å². The van der Waals surface area contributed by atoms with Gasteiger partial charge in [-0.2, -0.15) is 0 Å². The molecule has 0 bridgehead atoms. The zero-order valence-corrected chi connectivity index (χ0v) is 13.2. The quantitative estimate of drug-likeness (QED) is 0.702. The van der Waals surface area contributed by atoms with E-state index in [1.165, 1.54) is 0 Å². The summed E-state index contributed by atoms with van der Waals surface area (Å²) in [6, 6.07) is 7.52. The second-order valence-electron chi connectivity index (χ2n) is 5.27. The van der Waals surface area contributed by atoms with Crippen LogP contribution < -0.4 is 10.1 Å². The lowest BCUT2D eigenvalue weighted by atomic mass is 10.1. The van der Waals surface area contributed by atoms with Gasteiger partial charge in [0, 0.05) is 17.4 Å². The molecule has 0 aliphatic heterocycles. The van der Waals surface area contributed by atoms with Crippen molar-refractivity contribution in [2.45, 2.75) is 25.7 Å². The molecule has 2 rings (SSSR count). The Morgan fingerprint density at radius 1 is 1.38 bits per heavy atom. The fourth-order valence-electron chi connectivity index (χ4n) is 1.95. The van der Waals surface area contributed by atoms with Gasteiger partial charge in [-0.15, -0.1) is 0 Å². The molecule has 0 aromatic heterocycles. The summed E-state index contributed by atoms with van der Waals surface area (Å²) in [4.78, 5) is 22.6. The molecule has 2 N–H and O–H groups in total. The van der Waals surface area contributed by atoms with Gasteiger partial charge in [0.25, 0.3) is 0 Å². The summed E-state index contributed by atoms with van der Waals surface area (Å²) in [5.41, 5.74) is -0.706. The van der Waals surface area contributed by atoms with Crippen molar-refractivity contribution in [1.29, 1.82) is 0 Å². The van der Waals surface area contributed by atoms with E-state index in [1.54, 1.807) is 0 Å². The average Bonchev–Trinajstić information content (AvgIpc) is 3.23. The molecule has 0 heterocycles. The fraction of sp³-hybridized carbons (Fsp3) is 0.467. The van der Waals surface area contributed by atoms with Crippen LogP contribution in [0.5, 0.6) is 5.75 Å². The molecule has 0 unspecified atom stereocenters. The van der Waals surface area contributed by atoms with E-state index in [1.807, 2.05) is 24.3 Å². The maximum atomic E-state index is 11.6. The third-order valence-electron chi connectivity index (χ3n) is 3.54. The van der Waals surface area contributed by atoms with Gasteiger partial charge in [-0.3, -0.25) is 9.59 Å². The molecular formula is C15H18BrNO4. The lowest BCUT2D eigenvalue weighted by Crippen LogP contribution is -2.34. The Morgan fingerprint density at radius 2 is 2.14 bits per heavy atom. The molecule has 0 atom stereocenters. The van der Waals surface area contributed by atoms with Crippen molar-refractivity contribution < 1.29 is 19.4 Å². The number of carbonyl (C=O) groups excluding carboxylic acids is 1. The molecule has 114 valence electrons. The van der Waals surface area contributed by atoms with Crippen LogP contribution in [0.4, 0.5) is 0 Å². The van der Waals surface area contributed by atoms with Crippen LogP contribution in [0.2, 0.25) is 0 Å². The number of rotatable bonds is 8. The highest BCUT2D eigenvalue weighted by Crippen LogP contribution is 2.45. The highest BCUT2D eigenvalue weighted by atomic mass is 79.9. The van der Waals surface area contributed by atoms with Crippen LogP contribution >= 0.6 is 15.9 Å². The SMILES string of the molecule is O=C(CCCOc1cccc(Br)c1)NCC1(C(=O)O)CC1. The first-order chi connectivity index (χ1) is 10.0. The number of hydrogen-bond donors (Lipinski definition) is 2. The minimum atomic E-state index is -0.819. The Hall–Kier alpha value is -1.56. The molecular weight excluding hydrogens is 338 g/mol. The van der Waals surface area contributed by atoms with Crippen molar-refractivity contribution in [2.24, 2.45) is 5.41 Å². The molecule has 6 heteroatoms. The van der Waals surface area contributed by atoms with E-state index in [2.05, 4.69) is 21.2 Å². The molecule has 0 spiro atoms. The van der Waals surface area contributed by atoms with Crippen LogP contribution in [-0.2, 0) is 9.59 Å². The summed E-state index contributed by atoms with van der Waals surface area (Å²) in [7, 11) is 0. The van der Waals surface area contributed by atoms with Gasteiger partial charge in [-0.25, -0.2) is 0 Å². The number of carboxylic acid groups (broad SMARTS) is 1. The summed E-state index contributed by atoms with van der Waals surface area (Å²) in [5.74, 6) is -0.186. The highest BCUT2D eigenvalue weighted by Gasteiger charge is 2.50. The Balaban J connectivity index is 1.60. The van der Waals surface area contributed by atoms with E-state index in [0.29, 0.717) is 32.3 Å². The van der Waals surface area contributed by atoms with Gasteiger partial charge >= 0.3 is 5.97 Å².